The lowest BCUT2D eigenvalue weighted by molar-refractivity contribution is 0.189. The number of nitrogens with one attached hydrogen (secondary N) is 1. The summed E-state index contributed by atoms with van der Waals surface area (Å²) in [5, 5.41) is 3.15. The molecule has 0 radical (unpaired) electrons. The van der Waals surface area contributed by atoms with Gasteiger partial charge in [0, 0.05) is 25.3 Å². The van der Waals surface area contributed by atoms with E-state index >= 15 is 0 Å². The monoisotopic (exact) mass is 225 g/mol. The molecule has 0 saturated carbocycles. The Hall–Kier alpha value is -0.930. The van der Waals surface area contributed by atoms with Crippen molar-refractivity contribution in [2.24, 2.45) is 0 Å². The van der Waals surface area contributed by atoms with Crippen LogP contribution in [0.15, 0.2) is 18.2 Å². The molecule has 1 atom stereocenters. The van der Waals surface area contributed by atoms with Gasteiger partial charge in [0.1, 0.15) is 5.82 Å². The maximum Gasteiger partial charge on any atom is 0.130 e. The Balaban J connectivity index is 2.74. The molecule has 0 fully saturated rings. The summed E-state index contributed by atoms with van der Waals surface area (Å²) in [6.45, 7) is 2.51. The van der Waals surface area contributed by atoms with Gasteiger partial charge in [-0.25, -0.2) is 4.39 Å². The average molecular weight is 225 g/mol. The molecule has 0 aromatic heterocycles. The molecule has 0 aliphatic rings. The van der Waals surface area contributed by atoms with Crippen LogP contribution in [0.1, 0.15) is 30.0 Å². The fraction of sp³-hybridized carbons (Fsp3) is 0.538. The van der Waals surface area contributed by atoms with Crippen LogP contribution < -0.4 is 5.32 Å². The van der Waals surface area contributed by atoms with E-state index in [9.17, 15) is 4.39 Å². The van der Waals surface area contributed by atoms with Crippen molar-refractivity contribution in [2.45, 2.75) is 25.8 Å². The van der Waals surface area contributed by atoms with Crippen LogP contribution >= 0.6 is 0 Å². The Morgan fingerprint density at radius 3 is 2.81 bits per heavy atom. The molecule has 1 unspecified atom stereocenters. The van der Waals surface area contributed by atoms with E-state index in [0.717, 1.165) is 18.4 Å². The maximum absolute atomic E-state index is 13.9. The van der Waals surface area contributed by atoms with E-state index in [1.165, 1.54) is 0 Å². The van der Waals surface area contributed by atoms with Crippen LogP contribution in [0, 0.1) is 12.7 Å². The van der Waals surface area contributed by atoms with Crippen molar-refractivity contribution in [2.75, 3.05) is 20.8 Å². The van der Waals surface area contributed by atoms with Crippen LogP contribution in [0.5, 0.6) is 0 Å². The SMILES string of the molecule is CNC(CCCOC)c1cccc(C)c1F. The molecule has 16 heavy (non-hydrogen) atoms. The Morgan fingerprint density at radius 1 is 1.44 bits per heavy atom. The van der Waals surface area contributed by atoms with Gasteiger partial charge >= 0.3 is 0 Å². The molecule has 0 saturated heterocycles. The van der Waals surface area contributed by atoms with Crippen molar-refractivity contribution in [3.8, 4) is 0 Å². The molecule has 90 valence electrons. The Morgan fingerprint density at radius 2 is 2.19 bits per heavy atom. The van der Waals surface area contributed by atoms with Crippen molar-refractivity contribution in [1.29, 1.82) is 0 Å². The number of benzene rings is 1. The molecule has 1 rings (SSSR count). The molecule has 0 amide bonds. The second kappa shape index (κ2) is 6.61. The first-order valence-electron chi connectivity index (χ1n) is 5.62. The molecule has 0 heterocycles. The van der Waals surface area contributed by atoms with Crippen LogP contribution in [0.4, 0.5) is 4.39 Å². The third-order valence-electron chi connectivity index (χ3n) is 2.79. The zero-order chi connectivity index (χ0) is 12.0. The van der Waals surface area contributed by atoms with Crippen LogP contribution in [0.3, 0.4) is 0 Å². The van der Waals surface area contributed by atoms with Crippen LogP contribution in [-0.4, -0.2) is 20.8 Å². The number of aryl methyl sites for hydroxylation is 1. The molecule has 1 aromatic carbocycles. The lowest BCUT2D eigenvalue weighted by Crippen LogP contribution is -2.18. The summed E-state index contributed by atoms with van der Waals surface area (Å²) in [4.78, 5) is 0. The average Bonchev–Trinajstić information content (AvgIpc) is 2.29. The second-order valence-electron chi connectivity index (χ2n) is 3.95. The molecule has 0 bridgehead atoms. The first-order valence-corrected chi connectivity index (χ1v) is 5.62. The van der Waals surface area contributed by atoms with Gasteiger partial charge in [0.15, 0.2) is 0 Å². The van der Waals surface area contributed by atoms with Crippen molar-refractivity contribution >= 4 is 0 Å². The normalized spacial score (nSPS) is 12.8. The molecule has 0 aliphatic heterocycles. The number of halogens is 1. The standard InChI is InChI=1S/C13H20FNO/c1-10-6-4-7-11(13(10)14)12(15-2)8-5-9-16-3/h4,6-7,12,15H,5,8-9H2,1-3H3. The number of hydrogen-bond donors (Lipinski definition) is 1. The molecule has 3 heteroatoms. The number of rotatable bonds is 6. The topological polar surface area (TPSA) is 21.3 Å². The van der Waals surface area contributed by atoms with Gasteiger partial charge in [0.25, 0.3) is 0 Å². The molecule has 0 aliphatic carbocycles. The zero-order valence-electron chi connectivity index (χ0n) is 10.2. The smallest absolute Gasteiger partial charge is 0.130 e. The van der Waals surface area contributed by atoms with Gasteiger partial charge in [0.2, 0.25) is 0 Å². The second-order valence-corrected chi connectivity index (χ2v) is 3.95. The lowest BCUT2D eigenvalue weighted by atomic mass is 9.99. The third-order valence-corrected chi connectivity index (χ3v) is 2.79. The fourth-order valence-corrected chi connectivity index (χ4v) is 1.83. The van der Waals surface area contributed by atoms with E-state index in [4.69, 9.17) is 4.74 Å². The minimum absolute atomic E-state index is 0.0649. The Bertz CT molecular complexity index is 328. The zero-order valence-corrected chi connectivity index (χ0v) is 10.2. The summed E-state index contributed by atoms with van der Waals surface area (Å²) in [6.07, 6.45) is 1.81. The molecular formula is C13H20FNO. The number of hydrogen-bond acceptors (Lipinski definition) is 2. The van der Waals surface area contributed by atoms with E-state index in [1.54, 1.807) is 20.1 Å². The highest BCUT2D eigenvalue weighted by molar-refractivity contribution is 5.27. The summed E-state index contributed by atoms with van der Waals surface area (Å²) >= 11 is 0. The predicted molar refractivity (Wildman–Crippen MR) is 64.0 cm³/mol. The highest BCUT2D eigenvalue weighted by Gasteiger charge is 2.14. The van der Waals surface area contributed by atoms with Crippen molar-refractivity contribution in [1.82, 2.24) is 5.32 Å². The summed E-state index contributed by atoms with van der Waals surface area (Å²) in [5.74, 6) is -0.0979. The van der Waals surface area contributed by atoms with Crippen molar-refractivity contribution in [3.63, 3.8) is 0 Å². The predicted octanol–water partition coefficient (Wildman–Crippen LogP) is 2.82. The van der Waals surface area contributed by atoms with Crippen LogP contribution in [0.25, 0.3) is 0 Å². The van der Waals surface area contributed by atoms with E-state index < -0.39 is 0 Å². The molecule has 1 aromatic rings. The van der Waals surface area contributed by atoms with Gasteiger partial charge in [-0.1, -0.05) is 18.2 Å². The minimum Gasteiger partial charge on any atom is -0.385 e. The number of ether oxygens (including phenoxy) is 1. The summed E-state index contributed by atoms with van der Waals surface area (Å²) in [5.41, 5.74) is 1.45. The van der Waals surface area contributed by atoms with E-state index in [-0.39, 0.29) is 11.9 Å². The Labute approximate surface area is 96.8 Å². The molecule has 0 spiro atoms. The van der Waals surface area contributed by atoms with E-state index in [1.807, 2.05) is 19.2 Å². The summed E-state index contributed by atoms with van der Waals surface area (Å²) < 4.78 is 18.9. The first-order chi connectivity index (χ1) is 7.70. The summed E-state index contributed by atoms with van der Waals surface area (Å²) in [7, 11) is 3.54. The van der Waals surface area contributed by atoms with Crippen LogP contribution in [0.2, 0.25) is 0 Å². The van der Waals surface area contributed by atoms with Gasteiger partial charge in [0.05, 0.1) is 0 Å². The Kier molecular flexibility index (Phi) is 5.43. The third kappa shape index (κ3) is 3.29. The molecular weight excluding hydrogens is 205 g/mol. The van der Waals surface area contributed by atoms with Gasteiger partial charge in [-0.05, 0) is 32.4 Å². The maximum atomic E-state index is 13.9. The largest absolute Gasteiger partial charge is 0.385 e. The first kappa shape index (κ1) is 13.1. The van der Waals surface area contributed by atoms with Gasteiger partial charge in [-0.3, -0.25) is 0 Å². The minimum atomic E-state index is -0.0979. The quantitative estimate of drug-likeness (QED) is 0.752. The van der Waals surface area contributed by atoms with Gasteiger partial charge in [-0.15, -0.1) is 0 Å². The van der Waals surface area contributed by atoms with Crippen LogP contribution in [-0.2, 0) is 4.74 Å². The van der Waals surface area contributed by atoms with Gasteiger partial charge in [-0.2, -0.15) is 0 Å². The lowest BCUT2D eigenvalue weighted by Gasteiger charge is -2.18. The fourth-order valence-electron chi connectivity index (χ4n) is 1.83. The number of methoxy groups -OCH3 is 1. The van der Waals surface area contributed by atoms with Crippen molar-refractivity contribution < 1.29 is 9.13 Å². The highest BCUT2D eigenvalue weighted by Crippen LogP contribution is 2.23. The van der Waals surface area contributed by atoms with Gasteiger partial charge < -0.3 is 10.1 Å². The van der Waals surface area contributed by atoms with E-state index in [0.29, 0.717) is 12.2 Å². The van der Waals surface area contributed by atoms with E-state index in [2.05, 4.69) is 5.32 Å². The highest BCUT2D eigenvalue weighted by atomic mass is 19.1. The molecule has 1 N–H and O–H groups in total. The molecule has 2 nitrogen and oxygen atoms in total. The van der Waals surface area contributed by atoms with Crippen molar-refractivity contribution in [3.05, 3.63) is 35.1 Å². The summed E-state index contributed by atoms with van der Waals surface area (Å²) in [6, 6.07) is 5.60.